The summed E-state index contributed by atoms with van der Waals surface area (Å²) in [6.45, 7) is 29.4. The van der Waals surface area contributed by atoms with Crippen LogP contribution in [0.5, 0.6) is 0 Å². The van der Waals surface area contributed by atoms with E-state index in [9.17, 15) is 0 Å². The molecule has 0 saturated carbocycles. The fourth-order valence-electron chi connectivity index (χ4n) is 9.71. The third-order valence-corrected chi connectivity index (χ3v) is 27.7. The Morgan fingerprint density at radius 1 is 0.489 bits per heavy atom. The maximum Gasteiger partial charge on any atom is 0.152 e. The molecular weight excluding hydrogens is 673 g/mol. The van der Waals surface area contributed by atoms with Crippen molar-refractivity contribution in [1.82, 2.24) is 0 Å². The van der Waals surface area contributed by atoms with Gasteiger partial charge in [-0.25, -0.2) is 0 Å². The second-order valence-corrected chi connectivity index (χ2v) is 28.9. The minimum Gasteiger partial charge on any atom is -0.459 e. The highest BCUT2D eigenvalue weighted by Gasteiger charge is 2.46. The summed E-state index contributed by atoms with van der Waals surface area (Å²) >= 11 is 4.09. The SMILES string of the molecule is CC(C)[Si](Cc1oc2c(Br)c3oc(C[Si](C(C)C)(C(C)C)C(C)C)c(-c4ccccc4)c3cc2c1-c1ccccc1)(C(C)C)C(C)C. The van der Waals surface area contributed by atoms with E-state index in [4.69, 9.17) is 8.83 Å². The number of halogens is 1. The zero-order valence-electron chi connectivity index (χ0n) is 30.9. The van der Waals surface area contributed by atoms with Crippen LogP contribution < -0.4 is 0 Å². The fourth-order valence-corrected chi connectivity index (χ4v) is 22.4. The van der Waals surface area contributed by atoms with E-state index >= 15 is 0 Å². The van der Waals surface area contributed by atoms with Crippen LogP contribution in [0.15, 0.2) is 80.0 Å². The van der Waals surface area contributed by atoms with Crippen LogP contribution in [-0.2, 0) is 12.1 Å². The average molecular weight is 730 g/mol. The zero-order valence-corrected chi connectivity index (χ0v) is 34.5. The highest BCUT2D eigenvalue weighted by Crippen LogP contribution is 2.51. The fraction of sp³-hybridized carbons (Fsp3) is 0.476. The van der Waals surface area contributed by atoms with E-state index in [-0.39, 0.29) is 0 Å². The first-order chi connectivity index (χ1) is 22.2. The van der Waals surface area contributed by atoms with Gasteiger partial charge in [-0.2, -0.15) is 0 Å². The normalized spacial score (nSPS) is 13.3. The lowest BCUT2D eigenvalue weighted by molar-refractivity contribution is 0.552. The van der Waals surface area contributed by atoms with Crippen molar-refractivity contribution in [3.05, 3.63) is 82.7 Å². The van der Waals surface area contributed by atoms with Gasteiger partial charge in [-0.3, -0.25) is 0 Å². The minimum atomic E-state index is -1.82. The molecule has 0 radical (unpaired) electrons. The quantitative estimate of drug-likeness (QED) is 0.120. The Bertz CT molecular complexity index is 1640. The molecule has 0 atom stereocenters. The van der Waals surface area contributed by atoms with Gasteiger partial charge in [-0.05, 0) is 33.1 Å². The van der Waals surface area contributed by atoms with E-state index < -0.39 is 16.1 Å². The predicted octanol–water partition coefficient (Wildman–Crippen LogP) is 14.8. The molecule has 0 amide bonds. The highest BCUT2D eigenvalue weighted by molar-refractivity contribution is 9.10. The molecule has 2 nitrogen and oxygen atoms in total. The highest BCUT2D eigenvalue weighted by atomic mass is 79.9. The summed E-state index contributed by atoms with van der Waals surface area (Å²) in [7, 11) is -3.63. The molecule has 2 aromatic heterocycles. The van der Waals surface area contributed by atoms with Crippen molar-refractivity contribution < 1.29 is 8.83 Å². The van der Waals surface area contributed by atoms with Crippen LogP contribution in [0.3, 0.4) is 0 Å². The smallest absolute Gasteiger partial charge is 0.152 e. The maximum absolute atomic E-state index is 7.11. The summed E-state index contributed by atoms with van der Waals surface area (Å²) in [5, 5.41) is 2.35. The van der Waals surface area contributed by atoms with Gasteiger partial charge < -0.3 is 8.83 Å². The van der Waals surface area contributed by atoms with Crippen LogP contribution in [-0.4, -0.2) is 16.1 Å². The summed E-state index contributed by atoms with van der Waals surface area (Å²) in [6, 6.07) is 26.3. The number of hydrogen-bond acceptors (Lipinski definition) is 2. The van der Waals surface area contributed by atoms with Gasteiger partial charge in [0.1, 0.15) is 16.0 Å². The van der Waals surface area contributed by atoms with Gasteiger partial charge in [0.15, 0.2) is 11.2 Å². The Labute approximate surface area is 294 Å². The Hall–Kier alpha value is -2.35. The molecule has 0 bridgehead atoms. The molecule has 5 rings (SSSR count). The van der Waals surface area contributed by atoms with Crippen molar-refractivity contribution in [2.45, 2.75) is 128 Å². The number of hydrogen-bond donors (Lipinski definition) is 0. The summed E-state index contributed by atoms with van der Waals surface area (Å²) in [4.78, 5) is 0. The van der Waals surface area contributed by atoms with Crippen LogP contribution in [0.25, 0.3) is 44.2 Å². The second-order valence-electron chi connectivity index (χ2n) is 16.0. The molecule has 3 aromatic carbocycles. The number of rotatable bonds is 12. The summed E-state index contributed by atoms with van der Waals surface area (Å²) in [5.41, 5.74) is 10.6. The molecule has 252 valence electrons. The largest absolute Gasteiger partial charge is 0.459 e. The summed E-state index contributed by atoms with van der Waals surface area (Å²) in [6.07, 6.45) is 0. The van der Waals surface area contributed by atoms with E-state index in [1.54, 1.807) is 0 Å². The third kappa shape index (κ3) is 6.08. The molecule has 0 aliphatic carbocycles. The van der Waals surface area contributed by atoms with Gasteiger partial charge >= 0.3 is 0 Å². The Kier molecular flexibility index (Phi) is 10.6. The Morgan fingerprint density at radius 3 is 1.06 bits per heavy atom. The van der Waals surface area contributed by atoms with Gasteiger partial charge in [-0.1, -0.05) is 177 Å². The number of benzene rings is 3. The first kappa shape index (κ1) is 35.9. The predicted molar refractivity (Wildman–Crippen MR) is 214 cm³/mol. The number of fused-ring (bicyclic) bond motifs is 2. The molecule has 5 aromatic rings. The Morgan fingerprint density at radius 2 is 0.787 bits per heavy atom. The molecule has 0 aliphatic rings. The van der Waals surface area contributed by atoms with Crippen LogP contribution in [0, 0.1) is 0 Å². The van der Waals surface area contributed by atoms with Crippen molar-refractivity contribution in [3.8, 4) is 22.3 Å². The lowest BCUT2D eigenvalue weighted by atomic mass is 9.98. The van der Waals surface area contributed by atoms with E-state index in [0.29, 0.717) is 33.2 Å². The van der Waals surface area contributed by atoms with Crippen LogP contribution >= 0.6 is 15.9 Å². The van der Waals surface area contributed by atoms with E-state index in [1.807, 2.05) is 0 Å². The van der Waals surface area contributed by atoms with Gasteiger partial charge in [0.25, 0.3) is 0 Å². The van der Waals surface area contributed by atoms with Gasteiger partial charge in [0.2, 0.25) is 0 Å². The van der Waals surface area contributed by atoms with Crippen molar-refractivity contribution in [2.24, 2.45) is 0 Å². The third-order valence-electron chi connectivity index (χ3n) is 12.2. The van der Waals surface area contributed by atoms with Gasteiger partial charge in [-0.15, -0.1) is 0 Å². The van der Waals surface area contributed by atoms with Gasteiger partial charge in [0.05, 0.1) is 16.1 Å². The second kappa shape index (κ2) is 13.9. The molecule has 47 heavy (non-hydrogen) atoms. The molecule has 0 N–H and O–H groups in total. The van der Waals surface area contributed by atoms with Gasteiger partial charge in [0, 0.05) is 34.0 Å². The molecule has 2 heterocycles. The van der Waals surface area contributed by atoms with E-state index in [0.717, 1.165) is 39.2 Å². The van der Waals surface area contributed by atoms with Crippen molar-refractivity contribution in [2.75, 3.05) is 0 Å². The van der Waals surface area contributed by atoms with E-state index in [2.05, 4.69) is 166 Å². The molecule has 0 fully saturated rings. The summed E-state index contributed by atoms with van der Waals surface area (Å²) in [5.74, 6) is 2.27. The minimum absolute atomic E-state index is 0.638. The molecule has 0 unspecified atom stereocenters. The first-order valence-corrected chi connectivity index (χ1v) is 23.6. The number of furan rings is 2. The molecule has 5 heteroatoms. The van der Waals surface area contributed by atoms with Crippen LogP contribution in [0.1, 0.15) is 94.6 Å². The van der Waals surface area contributed by atoms with Crippen LogP contribution in [0.4, 0.5) is 0 Å². The molecule has 0 spiro atoms. The van der Waals surface area contributed by atoms with Crippen molar-refractivity contribution in [3.63, 3.8) is 0 Å². The van der Waals surface area contributed by atoms with Crippen molar-refractivity contribution in [1.29, 1.82) is 0 Å². The van der Waals surface area contributed by atoms with E-state index in [1.165, 1.54) is 33.0 Å². The first-order valence-electron chi connectivity index (χ1n) is 18.0. The lowest BCUT2D eigenvalue weighted by Crippen LogP contribution is -2.47. The maximum atomic E-state index is 7.11. The summed E-state index contributed by atoms with van der Waals surface area (Å²) < 4.78 is 15.1. The molecular formula is C42H57BrO2Si2. The molecule has 0 aliphatic heterocycles. The zero-order chi connectivity index (χ0) is 34.4. The average Bonchev–Trinajstić information content (AvgIpc) is 3.56. The monoisotopic (exact) mass is 728 g/mol. The van der Waals surface area contributed by atoms with Crippen molar-refractivity contribution >= 4 is 54.0 Å². The van der Waals surface area contributed by atoms with Crippen LogP contribution in [0.2, 0.25) is 33.2 Å². The molecule has 0 saturated heterocycles. The standard InChI is InChI=1S/C42H57BrO2Si2/c1-26(2)46(27(3)4,28(5)6)24-36-38(32-19-15-13-16-20-32)34-23-35-39(33-21-17-14-18-22-33)37(45-42(35)40(43)41(34)44-36)25-47(29(7)8,30(9)10)31(11)12/h13-23,26-31H,24-25H2,1-12H3. The lowest BCUT2D eigenvalue weighted by Gasteiger charge is -2.43. The Balaban J connectivity index is 1.87. The topological polar surface area (TPSA) is 26.3 Å².